The van der Waals surface area contributed by atoms with Crippen LogP contribution in [-0.2, 0) is 6.18 Å². The Morgan fingerprint density at radius 1 is 1.42 bits per heavy atom. The van der Waals surface area contributed by atoms with Gasteiger partial charge in [0.15, 0.2) is 0 Å². The first-order chi connectivity index (χ1) is 12.2. The molecule has 1 aromatic heterocycles. The summed E-state index contributed by atoms with van der Waals surface area (Å²) in [5.41, 5.74) is -0.971. The van der Waals surface area contributed by atoms with Crippen LogP contribution >= 0.6 is 11.6 Å². The van der Waals surface area contributed by atoms with Gasteiger partial charge in [0.05, 0.1) is 26.8 Å². The molecule has 0 saturated carbocycles. The van der Waals surface area contributed by atoms with E-state index in [4.69, 9.17) is 11.6 Å². The summed E-state index contributed by atoms with van der Waals surface area (Å²) in [5, 5.41) is 22.7. The van der Waals surface area contributed by atoms with Crippen LogP contribution in [0.15, 0.2) is 30.5 Å². The first-order valence-corrected chi connectivity index (χ1v) is 7.36. The van der Waals surface area contributed by atoms with E-state index >= 15 is 0 Å². The van der Waals surface area contributed by atoms with Crippen molar-refractivity contribution >= 4 is 34.6 Å². The molecule has 0 spiro atoms. The lowest BCUT2D eigenvalue weighted by Crippen LogP contribution is -2.06. The number of nitrogens with one attached hydrogen (secondary N) is 1. The Kier molecular flexibility index (Phi) is 5.47. The zero-order valence-corrected chi connectivity index (χ0v) is 13.9. The second-order valence-electron chi connectivity index (χ2n) is 5.01. The molecule has 0 bridgehead atoms. The maximum atomic E-state index is 12.7. The fraction of sp³-hybridized carbons (Fsp3) is 0.125. The zero-order chi connectivity index (χ0) is 19.5. The van der Waals surface area contributed by atoms with E-state index in [0.717, 1.165) is 0 Å². The lowest BCUT2D eigenvalue weighted by Gasteiger charge is -2.09. The molecule has 0 radical (unpaired) electrons. The number of anilines is 1. The van der Waals surface area contributed by atoms with Crippen LogP contribution in [0.2, 0.25) is 5.02 Å². The van der Waals surface area contributed by atoms with Crippen LogP contribution in [0.1, 0.15) is 16.8 Å². The number of hydrogen-bond acceptors (Lipinski definition) is 5. The lowest BCUT2D eigenvalue weighted by atomic mass is 10.1. The zero-order valence-electron chi connectivity index (χ0n) is 13.1. The Labute approximate surface area is 150 Å². The highest BCUT2D eigenvalue weighted by molar-refractivity contribution is 6.32. The van der Waals surface area contributed by atoms with Gasteiger partial charge in [0.2, 0.25) is 0 Å². The number of nitrogens with zero attached hydrogens (tertiary/aromatic N) is 3. The number of halogens is 4. The van der Waals surface area contributed by atoms with Crippen molar-refractivity contribution in [1.29, 1.82) is 5.26 Å². The Morgan fingerprint density at radius 3 is 2.62 bits per heavy atom. The number of nitriles is 1. The van der Waals surface area contributed by atoms with Gasteiger partial charge >= 0.3 is 6.18 Å². The normalized spacial score (nSPS) is 11.8. The molecule has 1 aromatic carbocycles. The van der Waals surface area contributed by atoms with Crippen LogP contribution in [0.5, 0.6) is 0 Å². The first-order valence-electron chi connectivity index (χ1n) is 6.98. The quantitative estimate of drug-likeness (QED) is 0.467. The van der Waals surface area contributed by atoms with Gasteiger partial charge in [0.1, 0.15) is 11.8 Å². The van der Waals surface area contributed by atoms with Crippen LogP contribution < -0.4 is 5.32 Å². The molecular weight excluding hydrogens is 373 g/mol. The molecule has 0 unspecified atom stereocenters. The van der Waals surface area contributed by atoms with Crippen molar-refractivity contribution in [3.8, 4) is 6.07 Å². The van der Waals surface area contributed by atoms with Gasteiger partial charge in [0.25, 0.3) is 5.69 Å². The van der Waals surface area contributed by atoms with Crippen molar-refractivity contribution in [3.63, 3.8) is 0 Å². The summed E-state index contributed by atoms with van der Waals surface area (Å²) in [6, 6.07) is 6.64. The van der Waals surface area contributed by atoms with Crippen molar-refractivity contribution in [2.24, 2.45) is 0 Å². The summed E-state index contributed by atoms with van der Waals surface area (Å²) in [7, 11) is 1.52. The minimum atomic E-state index is -4.62. The van der Waals surface area contributed by atoms with Crippen LogP contribution in [0, 0.1) is 21.4 Å². The number of alkyl halides is 3. The maximum absolute atomic E-state index is 12.7. The summed E-state index contributed by atoms with van der Waals surface area (Å²) in [6.45, 7) is 0. The second kappa shape index (κ2) is 7.41. The number of rotatable bonds is 4. The van der Waals surface area contributed by atoms with E-state index in [1.54, 1.807) is 6.07 Å². The molecular formula is C16H10ClF3N4O2. The average Bonchev–Trinajstić information content (AvgIpc) is 2.58. The molecule has 1 N–H and O–H groups in total. The first kappa shape index (κ1) is 19.2. The molecule has 26 heavy (non-hydrogen) atoms. The number of nitro groups is 1. The average molecular weight is 383 g/mol. The molecule has 0 aliphatic carbocycles. The van der Waals surface area contributed by atoms with E-state index in [0.29, 0.717) is 17.8 Å². The molecule has 2 rings (SSSR count). The molecule has 0 atom stereocenters. The van der Waals surface area contributed by atoms with Gasteiger partial charge in [-0.05, 0) is 23.8 Å². The fourth-order valence-electron chi connectivity index (χ4n) is 2.11. The summed E-state index contributed by atoms with van der Waals surface area (Å²) in [6.07, 6.45) is -2.79. The Bertz CT molecular complexity index is 936. The van der Waals surface area contributed by atoms with Crippen LogP contribution in [0.4, 0.5) is 24.5 Å². The van der Waals surface area contributed by atoms with Crippen LogP contribution in [0.3, 0.4) is 0 Å². The maximum Gasteiger partial charge on any atom is 0.417 e. The molecule has 0 aliphatic rings. The number of benzene rings is 1. The molecule has 1 heterocycles. The Balaban J connectivity index is 2.51. The predicted octanol–water partition coefficient (Wildman–Crippen LogP) is 4.77. The molecule has 134 valence electrons. The molecule has 0 aliphatic heterocycles. The van der Waals surface area contributed by atoms with Crippen molar-refractivity contribution in [2.45, 2.75) is 6.18 Å². The number of nitro benzene ring substituents is 1. The highest BCUT2D eigenvalue weighted by Gasteiger charge is 2.31. The highest BCUT2D eigenvalue weighted by Crippen LogP contribution is 2.33. The Hall–Kier alpha value is -3.12. The molecule has 10 heteroatoms. The van der Waals surface area contributed by atoms with E-state index in [1.807, 2.05) is 0 Å². The Morgan fingerprint density at radius 2 is 2.12 bits per heavy atom. The van der Waals surface area contributed by atoms with E-state index in [9.17, 15) is 28.5 Å². The monoisotopic (exact) mass is 382 g/mol. The van der Waals surface area contributed by atoms with Gasteiger partial charge in [-0.1, -0.05) is 17.7 Å². The van der Waals surface area contributed by atoms with Crippen molar-refractivity contribution in [3.05, 3.63) is 62.4 Å². The van der Waals surface area contributed by atoms with Crippen LogP contribution in [0.25, 0.3) is 11.6 Å². The fourth-order valence-corrected chi connectivity index (χ4v) is 2.38. The predicted molar refractivity (Wildman–Crippen MR) is 90.4 cm³/mol. The molecule has 0 saturated heterocycles. The van der Waals surface area contributed by atoms with Crippen molar-refractivity contribution < 1.29 is 18.1 Å². The molecule has 2 aromatic rings. The molecule has 0 fully saturated rings. The largest absolute Gasteiger partial charge is 0.417 e. The topological polar surface area (TPSA) is 91.8 Å². The minimum Gasteiger partial charge on any atom is -0.383 e. The van der Waals surface area contributed by atoms with Gasteiger partial charge in [0, 0.05) is 19.3 Å². The summed E-state index contributed by atoms with van der Waals surface area (Å²) in [4.78, 5) is 14.1. The van der Waals surface area contributed by atoms with Gasteiger partial charge in [-0.25, -0.2) is 0 Å². The summed E-state index contributed by atoms with van der Waals surface area (Å²) in [5.74, 6) is 0. The lowest BCUT2D eigenvalue weighted by molar-refractivity contribution is -0.383. The number of pyridine rings is 1. The molecule has 0 amide bonds. The number of hydrogen-bond donors (Lipinski definition) is 1. The SMILES string of the molecule is CNc1ccc(C=C(C#N)c2ncc(C(F)(F)F)cc2Cl)cc1[N+](=O)[O-]. The van der Waals surface area contributed by atoms with Gasteiger partial charge in [-0.15, -0.1) is 0 Å². The van der Waals surface area contributed by atoms with Gasteiger partial charge in [-0.2, -0.15) is 18.4 Å². The van der Waals surface area contributed by atoms with E-state index in [-0.39, 0.29) is 27.7 Å². The third-order valence-electron chi connectivity index (χ3n) is 3.34. The summed E-state index contributed by atoms with van der Waals surface area (Å²) >= 11 is 5.83. The number of allylic oxidation sites excluding steroid dienone is 1. The second-order valence-corrected chi connectivity index (χ2v) is 5.41. The van der Waals surface area contributed by atoms with Crippen molar-refractivity contribution in [1.82, 2.24) is 4.98 Å². The molecule has 6 nitrogen and oxygen atoms in total. The summed E-state index contributed by atoms with van der Waals surface area (Å²) < 4.78 is 38.0. The smallest absolute Gasteiger partial charge is 0.383 e. The highest BCUT2D eigenvalue weighted by atomic mass is 35.5. The van der Waals surface area contributed by atoms with E-state index in [2.05, 4.69) is 10.3 Å². The van der Waals surface area contributed by atoms with Gasteiger partial charge in [-0.3, -0.25) is 15.1 Å². The standard InChI is InChI=1S/C16H10ClF3N4O2/c1-22-13-3-2-9(5-14(13)24(25)26)4-10(7-21)15-12(17)6-11(8-23-15)16(18,19)20/h2-6,8,22H,1H3. The van der Waals surface area contributed by atoms with E-state index < -0.39 is 16.7 Å². The number of aromatic nitrogens is 1. The third kappa shape index (κ3) is 4.10. The minimum absolute atomic E-state index is 0.129. The third-order valence-corrected chi connectivity index (χ3v) is 3.63. The van der Waals surface area contributed by atoms with Crippen molar-refractivity contribution in [2.75, 3.05) is 12.4 Å². The van der Waals surface area contributed by atoms with Gasteiger partial charge < -0.3 is 5.32 Å². The van der Waals surface area contributed by atoms with E-state index in [1.165, 1.54) is 31.3 Å². The van der Waals surface area contributed by atoms with Crippen LogP contribution in [-0.4, -0.2) is 17.0 Å².